The van der Waals surface area contributed by atoms with Crippen molar-refractivity contribution in [2.24, 2.45) is 0 Å². The normalized spacial score (nSPS) is 10.9. The van der Waals surface area contributed by atoms with Crippen molar-refractivity contribution < 1.29 is 0 Å². The Balaban J connectivity index is 2.50. The predicted molar refractivity (Wildman–Crippen MR) is 65.0 cm³/mol. The van der Waals surface area contributed by atoms with Crippen LogP contribution in [0, 0.1) is 4.64 Å². The van der Waals surface area contributed by atoms with Crippen molar-refractivity contribution in [1.29, 1.82) is 0 Å². The first-order chi connectivity index (χ1) is 7.18. The molecule has 0 aliphatic carbocycles. The van der Waals surface area contributed by atoms with Crippen molar-refractivity contribution in [2.45, 2.75) is 19.8 Å². The molecule has 0 unspecified atom stereocenters. The molecule has 0 fully saturated rings. The Morgan fingerprint density at radius 1 is 1.20 bits per heavy atom. The van der Waals surface area contributed by atoms with E-state index in [9.17, 15) is 0 Å². The molecule has 0 bridgehead atoms. The quantitative estimate of drug-likeness (QED) is 0.763. The number of hydrogen-bond acceptors (Lipinski definition) is 1. The second-order valence-electron chi connectivity index (χ2n) is 3.88. The molecule has 78 valence electrons. The molecule has 3 heteroatoms. The van der Waals surface area contributed by atoms with Crippen LogP contribution in [-0.2, 0) is 0 Å². The first kappa shape index (κ1) is 10.2. The first-order valence-corrected chi connectivity index (χ1v) is 5.46. The van der Waals surface area contributed by atoms with E-state index < -0.39 is 0 Å². The molecule has 0 spiro atoms. The van der Waals surface area contributed by atoms with E-state index in [0.717, 1.165) is 10.3 Å². The molecular weight excluding hydrogens is 204 g/mol. The maximum absolute atomic E-state index is 5.31. The van der Waals surface area contributed by atoms with Crippen LogP contribution in [0.4, 0.5) is 0 Å². The third-order valence-electron chi connectivity index (χ3n) is 2.38. The van der Waals surface area contributed by atoms with Gasteiger partial charge in [-0.25, -0.2) is 4.68 Å². The average molecular weight is 218 g/mol. The van der Waals surface area contributed by atoms with E-state index in [1.54, 1.807) is 0 Å². The van der Waals surface area contributed by atoms with Crippen LogP contribution in [0.15, 0.2) is 36.4 Å². The third-order valence-corrected chi connectivity index (χ3v) is 2.68. The summed E-state index contributed by atoms with van der Waals surface area (Å²) in [7, 11) is 0. The van der Waals surface area contributed by atoms with Crippen molar-refractivity contribution in [3.63, 3.8) is 0 Å². The molecule has 2 aromatic rings. The molecule has 1 heterocycles. The molecule has 1 aromatic heterocycles. The molecule has 1 aromatic carbocycles. The van der Waals surface area contributed by atoms with Gasteiger partial charge in [-0.1, -0.05) is 44.3 Å². The molecule has 0 saturated heterocycles. The van der Waals surface area contributed by atoms with E-state index >= 15 is 0 Å². The number of hydrogen-bond donors (Lipinski definition) is 1. The second kappa shape index (κ2) is 4.03. The van der Waals surface area contributed by atoms with Crippen LogP contribution in [0.2, 0.25) is 0 Å². The third kappa shape index (κ3) is 2.02. The van der Waals surface area contributed by atoms with Crippen molar-refractivity contribution >= 4 is 12.2 Å². The smallest absolute Gasteiger partial charge is 0.127 e. The number of aromatic amines is 1. The zero-order valence-electron chi connectivity index (χ0n) is 8.90. The van der Waals surface area contributed by atoms with E-state index in [-0.39, 0.29) is 0 Å². The van der Waals surface area contributed by atoms with Crippen molar-refractivity contribution in [1.82, 2.24) is 9.78 Å². The Hall–Kier alpha value is -1.35. The molecule has 0 amide bonds. The lowest BCUT2D eigenvalue weighted by Gasteiger charge is -2.03. The summed E-state index contributed by atoms with van der Waals surface area (Å²) in [5.41, 5.74) is 2.25. The zero-order valence-corrected chi connectivity index (χ0v) is 9.71. The minimum absolute atomic E-state index is 0.469. The summed E-state index contributed by atoms with van der Waals surface area (Å²) in [5, 5.41) is 3.31. The fourth-order valence-electron chi connectivity index (χ4n) is 1.48. The van der Waals surface area contributed by atoms with Gasteiger partial charge in [0, 0.05) is 5.69 Å². The maximum atomic E-state index is 5.31. The van der Waals surface area contributed by atoms with Crippen LogP contribution in [0.3, 0.4) is 0 Å². The molecule has 2 nitrogen and oxygen atoms in total. The highest BCUT2D eigenvalue weighted by atomic mass is 32.1. The van der Waals surface area contributed by atoms with Crippen molar-refractivity contribution in [2.75, 3.05) is 0 Å². The van der Waals surface area contributed by atoms with Crippen molar-refractivity contribution in [3.05, 3.63) is 46.7 Å². The fourth-order valence-corrected chi connectivity index (χ4v) is 1.76. The van der Waals surface area contributed by atoms with Gasteiger partial charge in [-0.3, -0.25) is 5.10 Å². The summed E-state index contributed by atoms with van der Waals surface area (Å²) >= 11 is 5.31. The Kier molecular flexibility index (Phi) is 2.73. The highest BCUT2D eigenvalue weighted by Gasteiger charge is 2.04. The van der Waals surface area contributed by atoms with Crippen LogP contribution < -0.4 is 0 Å². The van der Waals surface area contributed by atoms with Gasteiger partial charge in [-0.2, -0.15) is 0 Å². The predicted octanol–water partition coefficient (Wildman–Crippen LogP) is 3.66. The van der Waals surface area contributed by atoms with E-state index in [1.165, 1.54) is 5.69 Å². The van der Waals surface area contributed by atoms with Crippen LogP contribution in [0.5, 0.6) is 0 Å². The first-order valence-electron chi connectivity index (χ1n) is 5.06. The number of aromatic nitrogens is 2. The molecule has 2 rings (SSSR count). The van der Waals surface area contributed by atoms with Gasteiger partial charge in [-0.15, -0.1) is 0 Å². The molecule has 0 atom stereocenters. The molecule has 0 aliphatic heterocycles. The largest absolute Gasteiger partial charge is 0.297 e. The molecule has 15 heavy (non-hydrogen) atoms. The van der Waals surface area contributed by atoms with Gasteiger partial charge in [0.05, 0.1) is 5.69 Å². The molecule has 1 N–H and O–H groups in total. The number of H-pyrrole nitrogens is 1. The lowest BCUT2D eigenvalue weighted by atomic mass is 10.1. The highest BCUT2D eigenvalue weighted by molar-refractivity contribution is 7.71. The lowest BCUT2D eigenvalue weighted by Crippen LogP contribution is -1.97. The number of rotatable bonds is 2. The topological polar surface area (TPSA) is 20.7 Å². The van der Waals surface area contributed by atoms with Gasteiger partial charge in [0.1, 0.15) is 4.64 Å². The molecular formula is C12H14N2S. The summed E-state index contributed by atoms with van der Waals surface area (Å²) in [6.07, 6.45) is 0. The van der Waals surface area contributed by atoms with Gasteiger partial charge >= 0.3 is 0 Å². The van der Waals surface area contributed by atoms with Gasteiger partial charge in [0.2, 0.25) is 0 Å². The Morgan fingerprint density at radius 3 is 2.40 bits per heavy atom. The molecule has 0 radical (unpaired) electrons. The van der Waals surface area contributed by atoms with Crippen LogP contribution in [-0.4, -0.2) is 9.78 Å². The number of nitrogens with one attached hydrogen (secondary N) is 1. The Labute approximate surface area is 94.5 Å². The minimum atomic E-state index is 0.469. The summed E-state index contributed by atoms with van der Waals surface area (Å²) in [4.78, 5) is 0. The van der Waals surface area contributed by atoms with Crippen LogP contribution in [0.1, 0.15) is 25.5 Å². The van der Waals surface area contributed by atoms with E-state index in [1.807, 2.05) is 41.1 Å². The summed E-state index contributed by atoms with van der Waals surface area (Å²) < 4.78 is 2.76. The minimum Gasteiger partial charge on any atom is -0.297 e. The summed E-state index contributed by atoms with van der Waals surface area (Å²) in [5.74, 6) is 0.469. The molecule has 0 aliphatic rings. The monoisotopic (exact) mass is 218 g/mol. The van der Waals surface area contributed by atoms with Gasteiger partial charge in [0.25, 0.3) is 0 Å². The zero-order chi connectivity index (χ0) is 10.8. The Morgan fingerprint density at radius 2 is 1.87 bits per heavy atom. The van der Waals surface area contributed by atoms with Gasteiger partial charge in [0.15, 0.2) is 0 Å². The van der Waals surface area contributed by atoms with Crippen molar-refractivity contribution in [3.8, 4) is 5.69 Å². The summed E-state index contributed by atoms with van der Waals surface area (Å²) in [6, 6.07) is 12.1. The van der Waals surface area contributed by atoms with Crippen LogP contribution in [0.25, 0.3) is 5.69 Å². The van der Waals surface area contributed by atoms with E-state index in [0.29, 0.717) is 5.92 Å². The standard InChI is InChI=1S/C12H14N2S/c1-9(2)11-8-12(15)14(13-11)10-6-4-3-5-7-10/h3-9,13H,1-2H3. The lowest BCUT2D eigenvalue weighted by molar-refractivity contribution is 0.765. The van der Waals surface area contributed by atoms with Gasteiger partial charge < -0.3 is 0 Å². The number of benzene rings is 1. The fraction of sp³-hybridized carbons (Fsp3) is 0.250. The summed E-state index contributed by atoms with van der Waals surface area (Å²) in [6.45, 7) is 4.30. The number of nitrogens with zero attached hydrogens (tertiary/aromatic N) is 1. The number of para-hydroxylation sites is 1. The molecule has 0 saturated carbocycles. The van der Waals surface area contributed by atoms with Gasteiger partial charge in [-0.05, 0) is 24.1 Å². The highest BCUT2D eigenvalue weighted by Crippen LogP contribution is 2.15. The average Bonchev–Trinajstić information content (AvgIpc) is 2.62. The second-order valence-corrected chi connectivity index (χ2v) is 4.29. The maximum Gasteiger partial charge on any atom is 0.127 e. The van der Waals surface area contributed by atoms with E-state index in [2.05, 4.69) is 18.9 Å². The Bertz CT molecular complexity index is 494. The SMILES string of the molecule is CC(C)c1cc(=S)n(-c2ccccc2)[nH]1. The van der Waals surface area contributed by atoms with E-state index in [4.69, 9.17) is 12.2 Å². The van der Waals surface area contributed by atoms with Crippen LogP contribution >= 0.6 is 12.2 Å².